The summed E-state index contributed by atoms with van der Waals surface area (Å²) in [6, 6.07) is 3.78. The molecule has 0 spiro atoms. The van der Waals surface area contributed by atoms with Crippen molar-refractivity contribution < 1.29 is 0 Å². The van der Waals surface area contributed by atoms with Gasteiger partial charge in [-0.05, 0) is 28.1 Å². The molecule has 5 heteroatoms. The van der Waals surface area contributed by atoms with Gasteiger partial charge in [0.25, 0.3) is 0 Å². The summed E-state index contributed by atoms with van der Waals surface area (Å²) in [5.41, 5.74) is 0. The first kappa shape index (κ1) is 7.42. The average molecular weight is 225 g/mol. The lowest BCUT2D eigenvalue weighted by Crippen LogP contribution is -1.94. The van der Waals surface area contributed by atoms with Gasteiger partial charge in [-0.2, -0.15) is 0 Å². The van der Waals surface area contributed by atoms with E-state index in [0.29, 0.717) is 0 Å². The molecule has 0 fully saturated rings. The molecule has 2 aromatic rings. The van der Waals surface area contributed by atoms with Crippen LogP contribution in [-0.2, 0) is 0 Å². The zero-order valence-electron chi connectivity index (χ0n) is 6.05. The summed E-state index contributed by atoms with van der Waals surface area (Å²) < 4.78 is 2.66. The number of halogens is 1. The lowest BCUT2D eigenvalue weighted by atomic mass is 10.5. The Morgan fingerprint density at radius 1 is 1.25 bits per heavy atom. The highest BCUT2D eigenvalue weighted by atomic mass is 79.9. The molecule has 0 bridgehead atoms. The molecular formula is C7H5BrN4. The zero-order valence-corrected chi connectivity index (χ0v) is 7.64. The van der Waals surface area contributed by atoms with Crippen molar-refractivity contribution in [2.45, 2.75) is 0 Å². The smallest absolute Gasteiger partial charge is 0.153 e. The summed E-state index contributed by atoms with van der Waals surface area (Å²) >= 11 is 3.38. The first-order valence-electron chi connectivity index (χ1n) is 3.33. The minimum Gasteiger partial charge on any atom is -0.271 e. The van der Waals surface area contributed by atoms with E-state index >= 15 is 0 Å². The van der Waals surface area contributed by atoms with E-state index in [1.807, 2.05) is 12.1 Å². The SMILES string of the molecule is Brc1cccnc1-n1cnnc1. The van der Waals surface area contributed by atoms with Gasteiger partial charge in [0.1, 0.15) is 12.7 Å². The third kappa shape index (κ3) is 1.23. The molecule has 0 aliphatic carbocycles. The number of rotatable bonds is 1. The normalized spacial score (nSPS) is 10.1. The maximum Gasteiger partial charge on any atom is 0.153 e. The molecule has 0 unspecified atom stereocenters. The molecule has 2 heterocycles. The Labute approximate surface area is 77.4 Å². The molecule has 0 atom stereocenters. The molecular weight excluding hydrogens is 220 g/mol. The molecule has 0 aromatic carbocycles. The second-order valence-corrected chi connectivity index (χ2v) is 3.03. The summed E-state index contributed by atoms with van der Waals surface area (Å²) in [6.07, 6.45) is 4.93. The maximum atomic E-state index is 4.16. The van der Waals surface area contributed by atoms with E-state index in [2.05, 4.69) is 31.1 Å². The van der Waals surface area contributed by atoms with E-state index in [9.17, 15) is 0 Å². The van der Waals surface area contributed by atoms with Crippen molar-refractivity contribution >= 4 is 15.9 Å². The Morgan fingerprint density at radius 2 is 2.00 bits per heavy atom. The first-order chi connectivity index (χ1) is 5.88. The van der Waals surface area contributed by atoms with Crippen molar-refractivity contribution in [2.75, 3.05) is 0 Å². The van der Waals surface area contributed by atoms with Crippen LogP contribution in [0.1, 0.15) is 0 Å². The number of aromatic nitrogens is 4. The second-order valence-electron chi connectivity index (χ2n) is 2.18. The molecule has 0 radical (unpaired) electrons. The van der Waals surface area contributed by atoms with Crippen LogP contribution in [0.5, 0.6) is 0 Å². The predicted octanol–water partition coefficient (Wildman–Crippen LogP) is 1.42. The minimum absolute atomic E-state index is 0.794. The van der Waals surface area contributed by atoms with Crippen molar-refractivity contribution in [3.8, 4) is 5.82 Å². The van der Waals surface area contributed by atoms with Crippen LogP contribution < -0.4 is 0 Å². The van der Waals surface area contributed by atoms with Gasteiger partial charge in [-0.15, -0.1) is 10.2 Å². The predicted molar refractivity (Wildman–Crippen MR) is 46.9 cm³/mol. The number of pyridine rings is 1. The van der Waals surface area contributed by atoms with E-state index in [-0.39, 0.29) is 0 Å². The number of hydrogen-bond acceptors (Lipinski definition) is 3. The van der Waals surface area contributed by atoms with Gasteiger partial charge in [-0.25, -0.2) is 4.98 Å². The lowest BCUT2D eigenvalue weighted by Gasteiger charge is -2.00. The van der Waals surface area contributed by atoms with Gasteiger partial charge < -0.3 is 0 Å². The van der Waals surface area contributed by atoms with Crippen LogP contribution in [0.25, 0.3) is 5.82 Å². The Bertz CT molecular complexity index is 371. The molecule has 0 saturated heterocycles. The fourth-order valence-electron chi connectivity index (χ4n) is 0.877. The molecule has 0 aliphatic heterocycles. The quantitative estimate of drug-likeness (QED) is 0.737. The van der Waals surface area contributed by atoms with Gasteiger partial charge in [-0.1, -0.05) is 0 Å². The fourth-order valence-corrected chi connectivity index (χ4v) is 1.34. The standard InChI is InChI=1S/C7H5BrN4/c8-6-2-1-3-9-7(6)12-4-10-11-5-12/h1-5H. The molecule has 2 aromatic heterocycles. The van der Waals surface area contributed by atoms with E-state index in [0.717, 1.165) is 10.3 Å². The highest BCUT2D eigenvalue weighted by molar-refractivity contribution is 9.10. The van der Waals surface area contributed by atoms with Crippen molar-refractivity contribution in [3.05, 3.63) is 35.5 Å². The Hall–Kier alpha value is -1.23. The number of hydrogen-bond donors (Lipinski definition) is 0. The highest BCUT2D eigenvalue weighted by Crippen LogP contribution is 2.16. The minimum atomic E-state index is 0.794. The van der Waals surface area contributed by atoms with Gasteiger partial charge in [0, 0.05) is 6.20 Å². The van der Waals surface area contributed by atoms with E-state index in [1.54, 1.807) is 23.4 Å². The summed E-state index contributed by atoms with van der Waals surface area (Å²) in [5, 5.41) is 7.38. The van der Waals surface area contributed by atoms with Gasteiger partial charge >= 0.3 is 0 Å². The van der Waals surface area contributed by atoms with Crippen molar-refractivity contribution in [1.29, 1.82) is 0 Å². The monoisotopic (exact) mass is 224 g/mol. The number of nitrogens with zero attached hydrogens (tertiary/aromatic N) is 4. The van der Waals surface area contributed by atoms with Crippen LogP contribution in [0.3, 0.4) is 0 Å². The van der Waals surface area contributed by atoms with E-state index < -0.39 is 0 Å². The Morgan fingerprint density at radius 3 is 2.67 bits per heavy atom. The molecule has 12 heavy (non-hydrogen) atoms. The Balaban J connectivity index is 2.55. The molecule has 60 valence electrons. The molecule has 2 rings (SSSR count). The van der Waals surface area contributed by atoms with Crippen molar-refractivity contribution in [1.82, 2.24) is 19.7 Å². The van der Waals surface area contributed by atoms with Gasteiger partial charge in [-0.3, -0.25) is 4.57 Å². The van der Waals surface area contributed by atoms with Crippen LogP contribution in [-0.4, -0.2) is 19.7 Å². The molecule has 4 nitrogen and oxygen atoms in total. The lowest BCUT2D eigenvalue weighted by molar-refractivity contribution is 0.982. The van der Waals surface area contributed by atoms with Crippen LogP contribution in [0.15, 0.2) is 35.5 Å². The van der Waals surface area contributed by atoms with Crippen molar-refractivity contribution in [2.24, 2.45) is 0 Å². The van der Waals surface area contributed by atoms with Crippen molar-refractivity contribution in [3.63, 3.8) is 0 Å². The third-order valence-electron chi connectivity index (χ3n) is 1.40. The van der Waals surface area contributed by atoms with Gasteiger partial charge in [0.2, 0.25) is 0 Å². The van der Waals surface area contributed by atoms with Crippen LogP contribution >= 0.6 is 15.9 Å². The summed E-state index contributed by atoms with van der Waals surface area (Å²) in [5.74, 6) is 0.794. The van der Waals surface area contributed by atoms with Crippen LogP contribution in [0.2, 0.25) is 0 Å². The van der Waals surface area contributed by atoms with Crippen LogP contribution in [0.4, 0.5) is 0 Å². The van der Waals surface area contributed by atoms with E-state index in [4.69, 9.17) is 0 Å². The summed E-state index contributed by atoms with van der Waals surface area (Å²) in [6.45, 7) is 0. The second kappa shape index (κ2) is 3.02. The largest absolute Gasteiger partial charge is 0.271 e. The van der Waals surface area contributed by atoms with Gasteiger partial charge in [0.05, 0.1) is 4.47 Å². The van der Waals surface area contributed by atoms with Gasteiger partial charge in [0.15, 0.2) is 5.82 Å². The average Bonchev–Trinajstić information content (AvgIpc) is 2.57. The molecule has 0 aliphatic rings. The highest BCUT2D eigenvalue weighted by Gasteiger charge is 2.00. The van der Waals surface area contributed by atoms with E-state index in [1.165, 1.54) is 0 Å². The summed E-state index contributed by atoms with van der Waals surface area (Å²) in [7, 11) is 0. The van der Waals surface area contributed by atoms with Crippen LogP contribution in [0, 0.1) is 0 Å². The third-order valence-corrected chi connectivity index (χ3v) is 2.02. The molecule has 0 N–H and O–H groups in total. The molecule has 0 amide bonds. The first-order valence-corrected chi connectivity index (χ1v) is 4.13. The topological polar surface area (TPSA) is 43.6 Å². The zero-order chi connectivity index (χ0) is 8.39. The summed E-state index contributed by atoms with van der Waals surface area (Å²) in [4.78, 5) is 4.16. The molecule has 0 saturated carbocycles. The Kier molecular flexibility index (Phi) is 1.87. The maximum absolute atomic E-state index is 4.16. The fraction of sp³-hybridized carbons (Fsp3) is 0.